The minimum absolute atomic E-state index is 0.252. The lowest BCUT2D eigenvalue weighted by molar-refractivity contribution is 0.0964. The fraction of sp³-hybridized carbons (Fsp3) is 0.300. The lowest BCUT2D eigenvalue weighted by Gasteiger charge is -2.14. The highest BCUT2D eigenvalue weighted by Crippen LogP contribution is 2.22. The molecule has 0 bridgehead atoms. The van der Waals surface area contributed by atoms with Gasteiger partial charge in [0.05, 0.1) is 23.4 Å². The third-order valence-electron chi connectivity index (χ3n) is 3.73. The number of hydrogen-bond donors (Lipinski definition) is 2. The van der Waals surface area contributed by atoms with E-state index in [-0.39, 0.29) is 11.8 Å². The largest absolute Gasteiger partial charge is 0.493 e. The highest BCUT2D eigenvalue weighted by atomic mass is 16.5. The average Bonchev–Trinajstić information content (AvgIpc) is 2.61. The Hall–Kier alpha value is -2.82. The average molecular weight is 340 g/mol. The first-order chi connectivity index (χ1) is 12.0. The third-order valence-corrected chi connectivity index (χ3v) is 3.73. The van der Waals surface area contributed by atoms with Crippen molar-refractivity contribution in [2.24, 2.45) is 5.92 Å². The molecule has 0 spiro atoms. The van der Waals surface area contributed by atoms with Gasteiger partial charge in [-0.15, -0.1) is 0 Å². The Kier molecular flexibility index (Phi) is 6.57. The molecule has 0 aliphatic heterocycles. The molecule has 0 saturated heterocycles. The topological polar surface area (TPSA) is 67.4 Å². The minimum Gasteiger partial charge on any atom is -0.493 e. The van der Waals surface area contributed by atoms with Gasteiger partial charge >= 0.3 is 0 Å². The molecule has 5 heteroatoms. The molecule has 5 nitrogen and oxygen atoms in total. The first-order valence-corrected chi connectivity index (χ1v) is 8.37. The van der Waals surface area contributed by atoms with Crippen molar-refractivity contribution in [3.8, 4) is 5.75 Å². The number of anilines is 1. The summed E-state index contributed by atoms with van der Waals surface area (Å²) in [6, 6.07) is 14.0. The summed E-state index contributed by atoms with van der Waals surface area (Å²) >= 11 is 0. The Labute approximate surface area is 148 Å². The highest BCUT2D eigenvalue weighted by molar-refractivity contribution is 6.10. The fourth-order valence-corrected chi connectivity index (χ4v) is 2.30. The van der Waals surface area contributed by atoms with Gasteiger partial charge in [-0.25, -0.2) is 0 Å². The summed E-state index contributed by atoms with van der Waals surface area (Å²) < 4.78 is 5.77. The van der Waals surface area contributed by atoms with Gasteiger partial charge in [-0.1, -0.05) is 38.1 Å². The molecule has 2 amide bonds. The fourth-order valence-electron chi connectivity index (χ4n) is 2.30. The minimum atomic E-state index is -0.309. The number of carbonyl (C=O) groups excluding carboxylic acids is 2. The van der Waals surface area contributed by atoms with Crippen molar-refractivity contribution in [2.75, 3.05) is 19.0 Å². The summed E-state index contributed by atoms with van der Waals surface area (Å²) in [5, 5.41) is 5.37. The second kappa shape index (κ2) is 8.87. The Morgan fingerprint density at radius 2 is 1.60 bits per heavy atom. The van der Waals surface area contributed by atoms with Crippen LogP contribution in [0.1, 0.15) is 41.0 Å². The molecular formula is C20H24N2O3. The summed E-state index contributed by atoms with van der Waals surface area (Å²) in [7, 11) is 1.55. The Morgan fingerprint density at radius 1 is 0.960 bits per heavy atom. The molecule has 0 saturated carbocycles. The van der Waals surface area contributed by atoms with Gasteiger partial charge in [0.2, 0.25) is 0 Å². The van der Waals surface area contributed by atoms with Crippen LogP contribution >= 0.6 is 0 Å². The molecule has 2 N–H and O–H groups in total. The molecule has 0 aromatic heterocycles. The van der Waals surface area contributed by atoms with Gasteiger partial charge in [-0.2, -0.15) is 0 Å². The predicted octanol–water partition coefficient (Wildman–Crippen LogP) is 3.72. The summed E-state index contributed by atoms with van der Waals surface area (Å²) in [5.74, 6) is 0.507. The van der Waals surface area contributed by atoms with E-state index in [1.807, 2.05) is 6.07 Å². The van der Waals surface area contributed by atoms with E-state index in [4.69, 9.17) is 4.74 Å². The van der Waals surface area contributed by atoms with Crippen LogP contribution in [-0.2, 0) is 0 Å². The van der Waals surface area contributed by atoms with Crippen LogP contribution in [0.15, 0.2) is 48.5 Å². The second-order valence-electron chi connectivity index (χ2n) is 6.11. The monoisotopic (exact) mass is 340 g/mol. The number of nitrogens with one attached hydrogen (secondary N) is 2. The van der Waals surface area contributed by atoms with Crippen molar-refractivity contribution in [1.82, 2.24) is 5.32 Å². The third kappa shape index (κ3) is 5.08. The van der Waals surface area contributed by atoms with Crippen LogP contribution in [0.5, 0.6) is 5.75 Å². The van der Waals surface area contributed by atoms with Crippen LogP contribution in [0.3, 0.4) is 0 Å². The summed E-state index contributed by atoms with van der Waals surface area (Å²) in [6.45, 7) is 4.80. The molecule has 0 aliphatic carbocycles. The zero-order valence-electron chi connectivity index (χ0n) is 14.8. The van der Waals surface area contributed by atoms with E-state index < -0.39 is 0 Å². The van der Waals surface area contributed by atoms with Crippen LogP contribution in [-0.4, -0.2) is 25.5 Å². The van der Waals surface area contributed by atoms with Crippen LogP contribution in [0, 0.1) is 5.92 Å². The molecule has 132 valence electrons. The molecule has 0 unspecified atom stereocenters. The van der Waals surface area contributed by atoms with Gasteiger partial charge in [-0.05, 0) is 36.6 Å². The van der Waals surface area contributed by atoms with Gasteiger partial charge in [0.25, 0.3) is 11.8 Å². The maximum atomic E-state index is 12.7. The van der Waals surface area contributed by atoms with Crippen LogP contribution < -0.4 is 15.4 Å². The van der Waals surface area contributed by atoms with E-state index in [9.17, 15) is 9.59 Å². The van der Waals surface area contributed by atoms with Gasteiger partial charge < -0.3 is 15.4 Å². The van der Waals surface area contributed by atoms with E-state index in [0.29, 0.717) is 35.1 Å². The quantitative estimate of drug-likeness (QED) is 0.807. The van der Waals surface area contributed by atoms with Gasteiger partial charge in [0.15, 0.2) is 0 Å². The number of amides is 2. The molecular weight excluding hydrogens is 316 g/mol. The summed E-state index contributed by atoms with van der Waals surface area (Å²) in [5.41, 5.74) is 1.32. The van der Waals surface area contributed by atoms with Gasteiger partial charge in [0, 0.05) is 7.05 Å². The van der Waals surface area contributed by atoms with E-state index in [1.165, 1.54) is 0 Å². The highest BCUT2D eigenvalue weighted by Gasteiger charge is 2.16. The van der Waals surface area contributed by atoms with Crippen molar-refractivity contribution in [2.45, 2.75) is 20.3 Å². The van der Waals surface area contributed by atoms with E-state index in [0.717, 1.165) is 6.42 Å². The van der Waals surface area contributed by atoms with Crippen LogP contribution in [0.4, 0.5) is 5.69 Å². The molecule has 0 atom stereocenters. The van der Waals surface area contributed by atoms with Gasteiger partial charge in [0.1, 0.15) is 5.75 Å². The first-order valence-electron chi connectivity index (χ1n) is 8.37. The SMILES string of the molecule is CNC(=O)c1ccccc1NC(=O)c1ccccc1OCCC(C)C. The van der Waals surface area contributed by atoms with Crippen LogP contribution in [0.2, 0.25) is 0 Å². The molecule has 2 aromatic rings. The number of benzene rings is 2. The predicted molar refractivity (Wildman–Crippen MR) is 99.2 cm³/mol. The Morgan fingerprint density at radius 3 is 2.28 bits per heavy atom. The van der Waals surface area contributed by atoms with E-state index in [1.54, 1.807) is 49.5 Å². The zero-order chi connectivity index (χ0) is 18.2. The summed E-state index contributed by atoms with van der Waals surface area (Å²) in [4.78, 5) is 24.6. The molecule has 0 fully saturated rings. The molecule has 2 rings (SSSR count). The number of rotatable bonds is 7. The van der Waals surface area contributed by atoms with E-state index >= 15 is 0 Å². The number of ether oxygens (including phenoxy) is 1. The van der Waals surface area contributed by atoms with E-state index in [2.05, 4.69) is 24.5 Å². The molecule has 0 radical (unpaired) electrons. The number of para-hydroxylation sites is 2. The van der Waals surface area contributed by atoms with Crippen molar-refractivity contribution in [3.05, 3.63) is 59.7 Å². The lowest BCUT2D eigenvalue weighted by atomic mass is 10.1. The maximum Gasteiger partial charge on any atom is 0.259 e. The lowest BCUT2D eigenvalue weighted by Crippen LogP contribution is -2.21. The Bertz CT molecular complexity index is 741. The first kappa shape index (κ1) is 18.5. The zero-order valence-corrected chi connectivity index (χ0v) is 14.8. The van der Waals surface area contributed by atoms with Crippen molar-refractivity contribution in [1.29, 1.82) is 0 Å². The van der Waals surface area contributed by atoms with Crippen molar-refractivity contribution >= 4 is 17.5 Å². The number of carbonyl (C=O) groups is 2. The van der Waals surface area contributed by atoms with Crippen molar-refractivity contribution < 1.29 is 14.3 Å². The van der Waals surface area contributed by atoms with Crippen molar-refractivity contribution in [3.63, 3.8) is 0 Å². The molecule has 25 heavy (non-hydrogen) atoms. The Balaban J connectivity index is 2.18. The van der Waals surface area contributed by atoms with Gasteiger partial charge in [-0.3, -0.25) is 9.59 Å². The summed E-state index contributed by atoms with van der Waals surface area (Å²) in [6.07, 6.45) is 0.912. The van der Waals surface area contributed by atoms with Crippen LogP contribution in [0.25, 0.3) is 0 Å². The standard InChI is InChI=1S/C20H24N2O3/c1-14(2)12-13-25-18-11-7-5-9-16(18)20(24)22-17-10-6-4-8-15(17)19(23)21-3/h4-11,14H,12-13H2,1-3H3,(H,21,23)(H,22,24). The number of hydrogen-bond acceptors (Lipinski definition) is 3. The molecule has 0 heterocycles. The smallest absolute Gasteiger partial charge is 0.259 e. The normalized spacial score (nSPS) is 10.4. The molecule has 2 aromatic carbocycles. The molecule has 0 aliphatic rings. The second-order valence-corrected chi connectivity index (χ2v) is 6.11. The maximum absolute atomic E-state index is 12.7.